The van der Waals surface area contributed by atoms with E-state index in [1.165, 1.54) is 18.2 Å². The Kier molecular flexibility index (Phi) is 8.18. The fraction of sp³-hybridized carbons (Fsp3) is 0.125. The summed E-state index contributed by atoms with van der Waals surface area (Å²) in [5.74, 6) is 0.716. The highest BCUT2D eigenvalue weighted by Crippen LogP contribution is 2.38. The van der Waals surface area contributed by atoms with Crippen molar-refractivity contribution in [1.29, 1.82) is 5.26 Å². The number of benzene rings is 3. The number of hydrogen-bond acceptors (Lipinski definition) is 5. The van der Waals surface area contributed by atoms with Gasteiger partial charge in [0, 0.05) is 27.7 Å². The summed E-state index contributed by atoms with van der Waals surface area (Å²) in [6, 6.07) is 16.3. The summed E-state index contributed by atoms with van der Waals surface area (Å²) in [4.78, 5) is 10.6. The number of hydrogen-bond donors (Lipinski definition) is 0. The first kappa shape index (κ1) is 24.4. The SMILES string of the molecule is CCOc1cc(/C=C(/C#N)c2cccc([N+](=O)[O-])c2)cc(Cl)c1OCc1ccc(Cl)cc1Cl. The molecule has 0 aliphatic carbocycles. The highest BCUT2D eigenvalue weighted by molar-refractivity contribution is 6.35. The van der Waals surface area contributed by atoms with Crippen molar-refractivity contribution in [3.8, 4) is 17.6 Å². The second-order valence-corrected chi connectivity index (χ2v) is 8.02. The van der Waals surface area contributed by atoms with Crippen LogP contribution in [0.15, 0.2) is 54.6 Å². The van der Waals surface area contributed by atoms with Crippen molar-refractivity contribution in [3.63, 3.8) is 0 Å². The minimum Gasteiger partial charge on any atom is -0.490 e. The van der Waals surface area contributed by atoms with Crippen LogP contribution in [0.4, 0.5) is 5.69 Å². The molecule has 3 aromatic carbocycles. The van der Waals surface area contributed by atoms with Gasteiger partial charge in [-0.2, -0.15) is 5.26 Å². The lowest BCUT2D eigenvalue weighted by atomic mass is 10.0. The summed E-state index contributed by atoms with van der Waals surface area (Å²) in [5.41, 5.74) is 1.84. The fourth-order valence-electron chi connectivity index (χ4n) is 3.00. The highest BCUT2D eigenvalue weighted by atomic mass is 35.5. The van der Waals surface area contributed by atoms with Gasteiger partial charge >= 0.3 is 0 Å². The Balaban J connectivity index is 1.95. The molecule has 0 N–H and O–H groups in total. The lowest BCUT2D eigenvalue weighted by molar-refractivity contribution is -0.384. The van der Waals surface area contributed by atoms with Gasteiger partial charge in [0.25, 0.3) is 5.69 Å². The molecule has 0 aliphatic heterocycles. The summed E-state index contributed by atoms with van der Waals surface area (Å²) in [6.45, 7) is 2.32. The molecule has 0 aromatic heterocycles. The Hall–Kier alpha value is -3.24. The zero-order chi connectivity index (χ0) is 24.0. The van der Waals surface area contributed by atoms with Gasteiger partial charge in [-0.05, 0) is 48.4 Å². The van der Waals surface area contributed by atoms with Crippen LogP contribution < -0.4 is 9.47 Å². The van der Waals surface area contributed by atoms with E-state index in [0.717, 1.165) is 5.56 Å². The second-order valence-electron chi connectivity index (χ2n) is 6.76. The molecular weight excluding hydrogens is 487 g/mol. The molecule has 33 heavy (non-hydrogen) atoms. The number of nitro groups is 1. The molecule has 168 valence electrons. The standard InChI is InChI=1S/C24H17Cl3N2O4/c1-2-32-23-10-15(8-18(13-28)16-4-3-5-20(11-16)29(30)31)9-22(27)24(23)33-14-17-6-7-19(25)12-21(17)26/h3-12H,2,14H2,1H3/b18-8-. The molecule has 0 saturated heterocycles. The zero-order valence-electron chi connectivity index (χ0n) is 17.3. The average molecular weight is 504 g/mol. The number of nitro benzene ring substituents is 1. The molecule has 0 atom stereocenters. The van der Waals surface area contributed by atoms with Gasteiger partial charge in [-0.25, -0.2) is 0 Å². The molecule has 0 heterocycles. The number of rotatable bonds is 8. The molecule has 0 amide bonds. The summed E-state index contributed by atoms with van der Waals surface area (Å²) in [6.07, 6.45) is 1.58. The Morgan fingerprint density at radius 3 is 2.55 bits per heavy atom. The van der Waals surface area contributed by atoms with Gasteiger partial charge in [-0.15, -0.1) is 0 Å². The molecule has 6 nitrogen and oxygen atoms in total. The van der Waals surface area contributed by atoms with E-state index in [0.29, 0.717) is 39.3 Å². The van der Waals surface area contributed by atoms with E-state index >= 15 is 0 Å². The predicted molar refractivity (Wildman–Crippen MR) is 130 cm³/mol. The van der Waals surface area contributed by atoms with Crippen LogP contribution in [-0.4, -0.2) is 11.5 Å². The molecule has 0 saturated carbocycles. The molecule has 3 rings (SSSR count). The highest BCUT2D eigenvalue weighted by Gasteiger charge is 2.15. The summed E-state index contributed by atoms with van der Waals surface area (Å²) < 4.78 is 11.6. The fourth-order valence-corrected chi connectivity index (χ4v) is 3.73. The Morgan fingerprint density at radius 2 is 1.88 bits per heavy atom. The van der Waals surface area contributed by atoms with Gasteiger partial charge in [0.1, 0.15) is 6.61 Å². The van der Waals surface area contributed by atoms with E-state index in [9.17, 15) is 15.4 Å². The van der Waals surface area contributed by atoms with Crippen LogP contribution in [-0.2, 0) is 6.61 Å². The molecule has 0 fully saturated rings. The number of ether oxygens (including phenoxy) is 2. The summed E-state index contributed by atoms with van der Waals surface area (Å²) in [7, 11) is 0. The van der Waals surface area contributed by atoms with Crippen LogP contribution in [0.1, 0.15) is 23.6 Å². The molecule has 0 radical (unpaired) electrons. The Labute approximate surface area is 205 Å². The van der Waals surface area contributed by atoms with Crippen molar-refractivity contribution in [2.24, 2.45) is 0 Å². The minimum atomic E-state index is -0.512. The van der Waals surface area contributed by atoms with Crippen molar-refractivity contribution in [3.05, 3.63) is 96.5 Å². The van der Waals surface area contributed by atoms with Crippen LogP contribution in [0.2, 0.25) is 15.1 Å². The van der Waals surface area contributed by atoms with Gasteiger partial charge in [-0.1, -0.05) is 53.0 Å². The van der Waals surface area contributed by atoms with Crippen molar-refractivity contribution in [2.45, 2.75) is 13.5 Å². The molecule has 9 heteroatoms. The van der Waals surface area contributed by atoms with Crippen LogP contribution in [0.5, 0.6) is 11.5 Å². The predicted octanol–water partition coefficient (Wildman–Crippen LogP) is 7.60. The second kappa shape index (κ2) is 11.1. The third-order valence-corrected chi connectivity index (χ3v) is 5.39. The quantitative estimate of drug-likeness (QED) is 0.137. The van der Waals surface area contributed by atoms with E-state index in [2.05, 4.69) is 6.07 Å². The number of allylic oxidation sites excluding steroid dienone is 1. The first-order valence-electron chi connectivity index (χ1n) is 9.72. The van der Waals surface area contributed by atoms with Crippen molar-refractivity contribution >= 4 is 52.1 Å². The van der Waals surface area contributed by atoms with Gasteiger partial charge in [0.2, 0.25) is 0 Å². The smallest absolute Gasteiger partial charge is 0.270 e. The normalized spacial score (nSPS) is 11.1. The van der Waals surface area contributed by atoms with Crippen molar-refractivity contribution in [2.75, 3.05) is 6.61 Å². The van der Waals surface area contributed by atoms with Crippen molar-refractivity contribution in [1.82, 2.24) is 0 Å². The van der Waals surface area contributed by atoms with E-state index in [1.54, 1.807) is 42.5 Å². The molecule has 0 unspecified atom stereocenters. The maximum absolute atomic E-state index is 11.1. The summed E-state index contributed by atoms with van der Waals surface area (Å²) in [5, 5.41) is 21.9. The van der Waals surface area contributed by atoms with Crippen LogP contribution >= 0.6 is 34.8 Å². The van der Waals surface area contributed by atoms with Gasteiger partial charge in [0.05, 0.1) is 28.2 Å². The number of halogens is 3. The molecule has 0 spiro atoms. The van der Waals surface area contributed by atoms with E-state index in [1.807, 2.05) is 6.92 Å². The third-order valence-electron chi connectivity index (χ3n) is 4.52. The largest absolute Gasteiger partial charge is 0.490 e. The monoisotopic (exact) mass is 502 g/mol. The maximum atomic E-state index is 11.1. The maximum Gasteiger partial charge on any atom is 0.270 e. The Bertz CT molecular complexity index is 1270. The first-order valence-corrected chi connectivity index (χ1v) is 10.9. The van der Waals surface area contributed by atoms with Crippen LogP contribution in [0.3, 0.4) is 0 Å². The van der Waals surface area contributed by atoms with Gasteiger partial charge in [0.15, 0.2) is 11.5 Å². The molecular formula is C24H17Cl3N2O4. The molecule has 0 aliphatic rings. The first-order chi connectivity index (χ1) is 15.8. The van der Waals surface area contributed by atoms with E-state index < -0.39 is 4.92 Å². The lowest BCUT2D eigenvalue weighted by Crippen LogP contribution is -2.01. The van der Waals surface area contributed by atoms with Crippen LogP contribution in [0.25, 0.3) is 11.6 Å². The van der Waals surface area contributed by atoms with Gasteiger partial charge in [-0.3, -0.25) is 10.1 Å². The topological polar surface area (TPSA) is 85.4 Å². The number of nitriles is 1. The number of nitrogens with zero attached hydrogens (tertiary/aromatic N) is 2. The zero-order valence-corrected chi connectivity index (χ0v) is 19.6. The van der Waals surface area contributed by atoms with Crippen molar-refractivity contribution < 1.29 is 14.4 Å². The third kappa shape index (κ3) is 6.17. The molecule has 3 aromatic rings. The molecule has 0 bridgehead atoms. The minimum absolute atomic E-state index is 0.105. The summed E-state index contributed by atoms with van der Waals surface area (Å²) >= 11 is 18.6. The number of non-ortho nitro benzene ring substituents is 1. The average Bonchev–Trinajstić information content (AvgIpc) is 2.78. The van der Waals surface area contributed by atoms with Gasteiger partial charge < -0.3 is 9.47 Å². The van der Waals surface area contributed by atoms with Crippen LogP contribution in [0, 0.1) is 21.4 Å². The van der Waals surface area contributed by atoms with E-state index in [4.69, 9.17) is 44.3 Å². The lowest BCUT2D eigenvalue weighted by Gasteiger charge is -2.15. The Morgan fingerprint density at radius 1 is 1.09 bits per heavy atom. The van der Waals surface area contributed by atoms with E-state index in [-0.39, 0.29) is 22.9 Å².